The molecule has 1 aromatic heterocycles. The summed E-state index contributed by atoms with van der Waals surface area (Å²) in [6.45, 7) is 5.99. The van der Waals surface area contributed by atoms with E-state index in [-0.39, 0.29) is 6.04 Å². The fourth-order valence-electron chi connectivity index (χ4n) is 1.19. The van der Waals surface area contributed by atoms with Crippen LogP contribution >= 0.6 is 0 Å². The summed E-state index contributed by atoms with van der Waals surface area (Å²) in [4.78, 5) is 7.40. The first-order valence-electron chi connectivity index (χ1n) is 3.93. The van der Waals surface area contributed by atoms with Crippen LogP contribution in [0.5, 0.6) is 0 Å². The average Bonchev–Trinajstić information content (AvgIpc) is 2.28. The molecule has 3 nitrogen and oxygen atoms in total. The number of H-pyrrole nitrogens is 1. The van der Waals surface area contributed by atoms with Gasteiger partial charge in [0.2, 0.25) is 0 Å². The van der Waals surface area contributed by atoms with E-state index in [1.165, 1.54) is 0 Å². The molecule has 0 radical (unpaired) electrons. The Morgan fingerprint density at radius 1 is 1.55 bits per heavy atom. The van der Waals surface area contributed by atoms with E-state index in [0.29, 0.717) is 0 Å². The number of nitrogens with two attached hydrogens (primary N) is 1. The molecule has 0 aliphatic carbocycles. The van der Waals surface area contributed by atoms with Crippen molar-refractivity contribution >= 4 is 0 Å². The molecular formula is C8H15N3. The third-order valence-corrected chi connectivity index (χ3v) is 1.85. The van der Waals surface area contributed by atoms with Crippen LogP contribution in [-0.2, 0) is 0 Å². The molecular weight excluding hydrogens is 138 g/mol. The monoisotopic (exact) mass is 153 g/mol. The molecule has 0 saturated carbocycles. The maximum Gasteiger partial charge on any atom is 0.103 e. The first kappa shape index (κ1) is 8.27. The van der Waals surface area contributed by atoms with Crippen molar-refractivity contribution in [3.8, 4) is 0 Å². The van der Waals surface area contributed by atoms with Crippen molar-refractivity contribution in [1.29, 1.82) is 0 Å². The largest absolute Gasteiger partial charge is 0.345 e. The molecule has 0 aliphatic rings. The highest BCUT2D eigenvalue weighted by Crippen LogP contribution is 2.14. The second-order valence-electron chi connectivity index (χ2n) is 2.84. The molecule has 0 fully saturated rings. The van der Waals surface area contributed by atoms with Crippen molar-refractivity contribution in [2.45, 2.75) is 33.2 Å². The highest BCUT2D eigenvalue weighted by atomic mass is 14.9. The zero-order chi connectivity index (χ0) is 8.43. The first-order chi connectivity index (χ1) is 5.15. The highest BCUT2D eigenvalue weighted by Gasteiger charge is 2.09. The number of hydrogen-bond acceptors (Lipinski definition) is 2. The lowest BCUT2D eigenvalue weighted by Gasteiger charge is -2.05. The van der Waals surface area contributed by atoms with Crippen LogP contribution in [0.4, 0.5) is 0 Å². The van der Waals surface area contributed by atoms with Crippen LogP contribution < -0.4 is 5.73 Å². The zero-order valence-electron chi connectivity index (χ0n) is 7.31. The van der Waals surface area contributed by atoms with Crippen molar-refractivity contribution in [1.82, 2.24) is 9.97 Å². The van der Waals surface area contributed by atoms with Gasteiger partial charge in [0, 0.05) is 6.04 Å². The van der Waals surface area contributed by atoms with Crippen molar-refractivity contribution in [3.05, 3.63) is 17.2 Å². The third kappa shape index (κ3) is 1.60. The summed E-state index contributed by atoms with van der Waals surface area (Å²) in [7, 11) is 0. The summed E-state index contributed by atoms with van der Waals surface area (Å²) < 4.78 is 0. The van der Waals surface area contributed by atoms with Gasteiger partial charge in [0.15, 0.2) is 0 Å². The number of imidazole rings is 1. The van der Waals surface area contributed by atoms with Crippen LogP contribution in [0.2, 0.25) is 0 Å². The van der Waals surface area contributed by atoms with E-state index in [2.05, 4.69) is 16.9 Å². The fraction of sp³-hybridized carbons (Fsp3) is 0.625. The molecule has 1 heterocycles. The number of aromatic nitrogens is 2. The van der Waals surface area contributed by atoms with Crippen LogP contribution in [-0.4, -0.2) is 9.97 Å². The van der Waals surface area contributed by atoms with Gasteiger partial charge in [0.05, 0.1) is 11.4 Å². The number of hydrogen-bond donors (Lipinski definition) is 2. The Labute approximate surface area is 67.0 Å². The van der Waals surface area contributed by atoms with E-state index in [1.54, 1.807) is 0 Å². The van der Waals surface area contributed by atoms with Crippen molar-refractivity contribution < 1.29 is 0 Å². The molecule has 0 saturated heterocycles. The Morgan fingerprint density at radius 3 is 2.55 bits per heavy atom. The Balaban J connectivity index is 2.93. The summed E-state index contributed by atoms with van der Waals surface area (Å²) in [6.07, 6.45) is 0.947. The lowest BCUT2D eigenvalue weighted by atomic mass is 10.1. The second kappa shape index (κ2) is 3.05. The lowest BCUT2D eigenvalue weighted by Crippen LogP contribution is -2.10. The molecule has 1 aromatic rings. The van der Waals surface area contributed by atoms with Gasteiger partial charge < -0.3 is 10.7 Å². The van der Waals surface area contributed by atoms with Crippen molar-refractivity contribution in [2.75, 3.05) is 0 Å². The van der Waals surface area contributed by atoms with Crippen molar-refractivity contribution in [3.63, 3.8) is 0 Å². The van der Waals surface area contributed by atoms with Crippen LogP contribution in [0.25, 0.3) is 0 Å². The Morgan fingerprint density at radius 2 is 2.18 bits per heavy atom. The van der Waals surface area contributed by atoms with Gasteiger partial charge in [-0.05, 0) is 20.3 Å². The lowest BCUT2D eigenvalue weighted by molar-refractivity contribution is 0.674. The first-order valence-corrected chi connectivity index (χ1v) is 3.93. The van der Waals surface area contributed by atoms with Crippen LogP contribution in [0, 0.1) is 13.8 Å². The standard InChI is InChI=1S/C8H15N3/c1-4-7(9)8-5(2)10-6(3)11-8/h7H,4,9H2,1-3H3,(H,10,11). The molecule has 0 amide bonds. The Hall–Kier alpha value is -0.830. The van der Waals surface area contributed by atoms with Gasteiger partial charge >= 0.3 is 0 Å². The Bertz CT molecular complexity index is 239. The second-order valence-corrected chi connectivity index (χ2v) is 2.84. The smallest absolute Gasteiger partial charge is 0.103 e. The maximum absolute atomic E-state index is 5.84. The van der Waals surface area contributed by atoms with E-state index < -0.39 is 0 Å². The zero-order valence-corrected chi connectivity index (χ0v) is 7.31. The number of nitrogens with zero attached hydrogens (tertiary/aromatic N) is 1. The van der Waals surface area contributed by atoms with Crippen LogP contribution in [0.3, 0.4) is 0 Å². The molecule has 3 heteroatoms. The van der Waals surface area contributed by atoms with E-state index in [4.69, 9.17) is 5.73 Å². The predicted octanol–water partition coefficient (Wildman–Crippen LogP) is 1.44. The molecule has 1 unspecified atom stereocenters. The normalized spacial score (nSPS) is 13.5. The summed E-state index contributed by atoms with van der Waals surface area (Å²) in [6, 6.07) is 0.108. The Kier molecular flexibility index (Phi) is 2.29. The molecule has 62 valence electrons. The summed E-state index contributed by atoms with van der Waals surface area (Å²) in [5.74, 6) is 0.946. The molecule has 0 aliphatic heterocycles. The fourth-order valence-corrected chi connectivity index (χ4v) is 1.19. The van der Waals surface area contributed by atoms with Crippen LogP contribution in [0.1, 0.15) is 36.6 Å². The van der Waals surface area contributed by atoms with E-state index in [0.717, 1.165) is 23.6 Å². The number of nitrogens with one attached hydrogen (secondary N) is 1. The van der Waals surface area contributed by atoms with Gasteiger partial charge in [-0.15, -0.1) is 0 Å². The van der Waals surface area contributed by atoms with Gasteiger partial charge in [-0.2, -0.15) is 0 Å². The minimum atomic E-state index is 0.108. The predicted molar refractivity (Wildman–Crippen MR) is 45.3 cm³/mol. The average molecular weight is 153 g/mol. The number of aromatic amines is 1. The molecule has 11 heavy (non-hydrogen) atoms. The molecule has 1 rings (SSSR count). The van der Waals surface area contributed by atoms with E-state index in [1.807, 2.05) is 13.8 Å². The third-order valence-electron chi connectivity index (χ3n) is 1.85. The molecule has 1 atom stereocenters. The van der Waals surface area contributed by atoms with Crippen molar-refractivity contribution in [2.24, 2.45) is 5.73 Å². The quantitative estimate of drug-likeness (QED) is 0.675. The summed E-state index contributed by atoms with van der Waals surface area (Å²) in [5, 5.41) is 0. The van der Waals surface area contributed by atoms with E-state index >= 15 is 0 Å². The van der Waals surface area contributed by atoms with E-state index in [9.17, 15) is 0 Å². The molecule has 0 aromatic carbocycles. The number of aryl methyl sites for hydroxylation is 2. The maximum atomic E-state index is 5.84. The summed E-state index contributed by atoms with van der Waals surface area (Å²) in [5.41, 5.74) is 7.94. The topological polar surface area (TPSA) is 54.7 Å². The molecule has 0 bridgehead atoms. The van der Waals surface area contributed by atoms with Gasteiger partial charge in [0.1, 0.15) is 5.82 Å². The minimum Gasteiger partial charge on any atom is -0.345 e. The van der Waals surface area contributed by atoms with Gasteiger partial charge in [-0.25, -0.2) is 4.98 Å². The van der Waals surface area contributed by atoms with Gasteiger partial charge in [0.25, 0.3) is 0 Å². The van der Waals surface area contributed by atoms with Crippen LogP contribution in [0.15, 0.2) is 0 Å². The molecule has 0 spiro atoms. The minimum absolute atomic E-state index is 0.108. The molecule has 3 N–H and O–H groups in total. The van der Waals surface area contributed by atoms with Gasteiger partial charge in [-0.1, -0.05) is 6.92 Å². The summed E-state index contributed by atoms with van der Waals surface area (Å²) >= 11 is 0. The highest BCUT2D eigenvalue weighted by molar-refractivity contribution is 5.15. The number of rotatable bonds is 2. The van der Waals surface area contributed by atoms with Gasteiger partial charge in [-0.3, -0.25) is 0 Å². The SMILES string of the molecule is CCC(N)c1[nH]c(C)nc1C.